The number of nitrogens with zero attached hydrogens (tertiary/aromatic N) is 2. The van der Waals surface area contributed by atoms with Crippen LogP contribution in [-0.2, 0) is 0 Å². The van der Waals surface area contributed by atoms with E-state index in [-0.39, 0.29) is 15.3 Å². The molecule has 0 atom stereocenters. The number of hydrogen-bond acceptors (Lipinski definition) is 3. The topological polar surface area (TPSA) is 56.0 Å². The molecule has 0 aliphatic rings. The third-order valence-corrected chi connectivity index (χ3v) is 2.06. The lowest BCUT2D eigenvalue weighted by molar-refractivity contribution is -0.385. The van der Waals surface area contributed by atoms with Gasteiger partial charge in [-0.3, -0.25) is 10.1 Å². The standard InChI is InChI=1S/C6H4BrClN2O2/c1-3-2-4(8)5(10(11)12)6(7)9-3/h2H,1H3. The summed E-state index contributed by atoms with van der Waals surface area (Å²) in [5.41, 5.74) is 0.444. The van der Waals surface area contributed by atoms with Gasteiger partial charge in [0.1, 0.15) is 5.02 Å². The van der Waals surface area contributed by atoms with E-state index in [1.165, 1.54) is 6.07 Å². The molecule has 64 valence electrons. The predicted octanol–water partition coefficient (Wildman–Crippen LogP) is 2.71. The second-order valence-electron chi connectivity index (χ2n) is 2.14. The third kappa shape index (κ3) is 1.73. The first-order chi connectivity index (χ1) is 5.52. The Labute approximate surface area is 81.8 Å². The van der Waals surface area contributed by atoms with Gasteiger partial charge >= 0.3 is 5.69 Å². The Morgan fingerprint density at radius 3 is 2.75 bits per heavy atom. The molecule has 0 spiro atoms. The molecule has 0 aliphatic heterocycles. The Bertz CT molecular complexity index is 319. The van der Waals surface area contributed by atoms with E-state index in [2.05, 4.69) is 20.9 Å². The lowest BCUT2D eigenvalue weighted by atomic mass is 10.3. The van der Waals surface area contributed by atoms with Crippen molar-refractivity contribution >= 4 is 33.2 Å². The molecule has 0 saturated carbocycles. The third-order valence-electron chi connectivity index (χ3n) is 1.21. The van der Waals surface area contributed by atoms with Crippen molar-refractivity contribution in [3.05, 3.63) is 31.5 Å². The first kappa shape index (κ1) is 9.41. The zero-order valence-electron chi connectivity index (χ0n) is 6.04. The average molecular weight is 251 g/mol. The molecule has 0 bridgehead atoms. The van der Waals surface area contributed by atoms with Gasteiger partial charge in [-0.05, 0) is 28.9 Å². The number of halogens is 2. The van der Waals surface area contributed by atoms with Gasteiger partial charge in [0.05, 0.1) is 4.92 Å². The molecule has 1 rings (SSSR count). The largest absolute Gasteiger partial charge is 0.320 e. The zero-order chi connectivity index (χ0) is 9.30. The molecule has 0 unspecified atom stereocenters. The number of hydrogen-bond donors (Lipinski definition) is 0. The van der Waals surface area contributed by atoms with Gasteiger partial charge in [0.15, 0.2) is 4.60 Å². The average Bonchev–Trinajstić information content (AvgIpc) is 1.82. The van der Waals surface area contributed by atoms with Crippen molar-refractivity contribution in [2.24, 2.45) is 0 Å². The minimum absolute atomic E-state index is 0.0966. The van der Waals surface area contributed by atoms with Gasteiger partial charge in [0.2, 0.25) is 0 Å². The summed E-state index contributed by atoms with van der Waals surface area (Å²) in [7, 11) is 0. The van der Waals surface area contributed by atoms with E-state index in [9.17, 15) is 10.1 Å². The fraction of sp³-hybridized carbons (Fsp3) is 0.167. The lowest BCUT2D eigenvalue weighted by Gasteiger charge is -1.98. The first-order valence-electron chi connectivity index (χ1n) is 2.99. The van der Waals surface area contributed by atoms with Gasteiger partial charge < -0.3 is 0 Å². The summed E-state index contributed by atoms with van der Waals surface area (Å²) in [5.74, 6) is 0. The van der Waals surface area contributed by atoms with Gasteiger partial charge in [-0.2, -0.15) is 0 Å². The van der Waals surface area contributed by atoms with E-state index in [4.69, 9.17) is 11.6 Å². The van der Waals surface area contributed by atoms with Gasteiger partial charge in [-0.25, -0.2) is 4.98 Å². The van der Waals surface area contributed by atoms with Gasteiger partial charge in [-0.15, -0.1) is 0 Å². The van der Waals surface area contributed by atoms with Gasteiger partial charge in [0.25, 0.3) is 0 Å². The summed E-state index contributed by atoms with van der Waals surface area (Å²) < 4.78 is 0.164. The summed E-state index contributed by atoms with van der Waals surface area (Å²) in [6, 6.07) is 1.45. The second kappa shape index (κ2) is 3.37. The molecule has 0 aromatic carbocycles. The molecule has 0 saturated heterocycles. The van der Waals surface area contributed by atoms with E-state index in [0.29, 0.717) is 5.69 Å². The highest BCUT2D eigenvalue weighted by atomic mass is 79.9. The molecule has 1 aromatic heterocycles. The molecule has 0 amide bonds. The lowest BCUT2D eigenvalue weighted by Crippen LogP contribution is -1.94. The molecule has 0 aliphatic carbocycles. The molecule has 0 fully saturated rings. The second-order valence-corrected chi connectivity index (χ2v) is 3.30. The molecule has 0 radical (unpaired) electrons. The molecule has 0 N–H and O–H groups in total. The fourth-order valence-electron chi connectivity index (χ4n) is 0.753. The fourth-order valence-corrected chi connectivity index (χ4v) is 1.82. The number of aryl methyl sites for hydroxylation is 1. The van der Waals surface area contributed by atoms with Crippen LogP contribution in [-0.4, -0.2) is 9.91 Å². The highest BCUT2D eigenvalue weighted by molar-refractivity contribution is 9.10. The van der Waals surface area contributed by atoms with Crippen LogP contribution in [0.4, 0.5) is 5.69 Å². The van der Waals surface area contributed by atoms with Crippen molar-refractivity contribution < 1.29 is 4.92 Å². The van der Waals surface area contributed by atoms with Crippen molar-refractivity contribution in [1.82, 2.24) is 4.98 Å². The van der Waals surface area contributed by atoms with Crippen molar-refractivity contribution in [3.63, 3.8) is 0 Å². The minimum Gasteiger partial charge on any atom is -0.258 e. The predicted molar refractivity (Wildman–Crippen MR) is 48.3 cm³/mol. The van der Waals surface area contributed by atoms with Crippen LogP contribution in [0.2, 0.25) is 5.02 Å². The Balaban J connectivity index is 3.38. The van der Waals surface area contributed by atoms with E-state index in [1.54, 1.807) is 6.92 Å². The molecule has 12 heavy (non-hydrogen) atoms. The van der Waals surface area contributed by atoms with Crippen LogP contribution in [0.5, 0.6) is 0 Å². The van der Waals surface area contributed by atoms with E-state index in [0.717, 1.165) is 0 Å². The Kier molecular flexibility index (Phi) is 2.64. The number of aromatic nitrogens is 1. The molecule has 4 nitrogen and oxygen atoms in total. The Morgan fingerprint density at radius 2 is 2.33 bits per heavy atom. The van der Waals surface area contributed by atoms with Crippen molar-refractivity contribution in [3.8, 4) is 0 Å². The van der Waals surface area contributed by atoms with Gasteiger partial charge in [-0.1, -0.05) is 11.6 Å². The van der Waals surface area contributed by atoms with Crippen molar-refractivity contribution in [2.75, 3.05) is 0 Å². The van der Waals surface area contributed by atoms with Crippen LogP contribution in [0.25, 0.3) is 0 Å². The molecule has 6 heteroatoms. The highest BCUT2D eigenvalue weighted by Gasteiger charge is 2.18. The van der Waals surface area contributed by atoms with Crippen LogP contribution in [0, 0.1) is 17.0 Å². The number of nitro groups is 1. The highest BCUT2D eigenvalue weighted by Crippen LogP contribution is 2.31. The Hall–Kier alpha value is -0.680. The quantitative estimate of drug-likeness (QED) is 0.438. The maximum absolute atomic E-state index is 10.4. The maximum atomic E-state index is 10.4. The Morgan fingerprint density at radius 1 is 1.75 bits per heavy atom. The number of pyridine rings is 1. The smallest absolute Gasteiger partial charge is 0.258 e. The van der Waals surface area contributed by atoms with Crippen LogP contribution in [0.1, 0.15) is 5.69 Å². The molecule has 1 heterocycles. The maximum Gasteiger partial charge on any atom is 0.320 e. The van der Waals surface area contributed by atoms with Crippen molar-refractivity contribution in [2.45, 2.75) is 6.92 Å². The first-order valence-corrected chi connectivity index (χ1v) is 4.16. The van der Waals surface area contributed by atoms with Gasteiger partial charge in [0, 0.05) is 5.69 Å². The number of rotatable bonds is 1. The monoisotopic (exact) mass is 250 g/mol. The van der Waals surface area contributed by atoms with Crippen LogP contribution >= 0.6 is 27.5 Å². The van der Waals surface area contributed by atoms with E-state index < -0.39 is 4.92 Å². The molecular weight excluding hydrogens is 247 g/mol. The van der Waals surface area contributed by atoms with E-state index >= 15 is 0 Å². The van der Waals surface area contributed by atoms with Crippen LogP contribution < -0.4 is 0 Å². The summed E-state index contributed by atoms with van der Waals surface area (Å²) in [4.78, 5) is 13.7. The minimum atomic E-state index is -0.571. The summed E-state index contributed by atoms with van der Waals surface area (Å²) >= 11 is 8.58. The SMILES string of the molecule is Cc1cc(Cl)c([N+](=O)[O-])c(Br)n1. The van der Waals surface area contributed by atoms with Crippen molar-refractivity contribution in [1.29, 1.82) is 0 Å². The summed E-state index contributed by atoms with van der Waals surface area (Å²) in [6.45, 7) is 1.71. The van der Waals surface area contributed by atoms with Crippen LogP contribution in [0.15, 0.2) is 10.7 Å². The summed E-state index contributed by atoms with van der Waals surface area (Å²) in [5, 5.41) is 10.5. The van der Waals surface area contributed by atoms with E-state index in [1.807, 2.05) is 0 Å². The molecule has 1 aromatic rings. The molecular formula is C6H4BrClN2O2. The van der Waals surface area contributed by atoms with Crippen LogP contribution in [0.3, 0.4) is 0 Å². The summed E-state index contributed by atoms with van der Waals surface area (Å²) in [6.07, 6.45) is 0. The zero-order valence-corrected chi connectivity index (χ0v) is 8.39. The normalized spacial score (nSPS) is 9.92.